The number of anilines is 1. The first-order chi connectivity index (χ1) is 9.24. The van der Waals surface area contributed by atoms with Crippen molar-refractivity contribution in [2.45, 2.75) is 33.4 Å². The van der Waals surface area contributed by atoms with Gasteiger partial charge in [-0.1, -0.05) is 19.9 Å². The van der Waals surface area contributed by atoms with Crippen LogP contribution < -0.4 is 10.2 Å². The van der Waals surface area contributed by atoms with Gasteiger partial charge in [-0.05, 0) is 24.4 Å². The molecular formula is C14H21N3S2. The molecule has 2 aromatic heterocycles. The van der Waals surface area contributed by atoms with Crippen molar-refractivity contribution in [3.8, 4) is 0 Å². The largest absolute Gasteiger partial charge is 0.346 e. The summed E-state index contributed by atoms with van der Waals surface area (Å²) in [5.41, 5.74) is 1.24. The summed E-state index contributed by atoms with van der Waals surface area (Å²) in [7, 11) is 2.12. The van der Waals surface area contributed by atoms with Crippen molar-refractivity contribution in [2.24, 2.45) is 0 Å². The molecule has 0 aliphatic rings. The first-order valence-corrected chi connectivity index (χ1v) is 8.37. The van der Waals surface area contributed by atoms with Crippen molar-refractivity contribution >= 4 is 27.8 Å². The Bertz CT molecular complexity index is 491. The molecule has 2 rings (SSSR count). The molecule has 0 unspecified atom stereocenters. The highest BCUT2D eigenvalue weighted by atomic mass is 32.1. The second-order valence-corrected chi connectivity index (χ2v) is 6.53. The highest BCUT2D eigenvalue weighted by Crippen LogP contribution is 2.27. The second-order valence-electron chi connectivity index (χ2n) is 4.44. The Labute approximate surface area is 123 Å². The number of thiazole rings is 1. The lowest BCUT2D eigenvalue weighted by atomic mass is 10.3. The standard InChI is InChI=1S/C14H21N3S2/c1-4-12-13(9-15-5-2)19-14(16-12)17(3)10-11-7-6-8-18-11/h6-8,15H,4-5,9-10H2,1-3H3. The minimum atomic E-state index is 0.935. The Morgan fingerprint density at radius 2 is 2.21 bits per heavy atom. The average Bonchev–Trinajstić information content (AvgIpc) is 3.04. The van der Waals surface area contributed by atoms with Crippen molar-refractivity contribution in [1.82, 2.24) is 10.3 Å². The maximum atomic E-state index is 4.77. The third kappa shape index (κ3) is 3.78. The Hall–Kier alpha value is -0.910. The van der Waals surface area contributed by atoms with Gasteiger partial charge in [-0.2, -0.15) is 0 Å². The average molecular weight is 295 g/mol. The molecule has 5 heteroatoms. The second kappa shape index (κ2) is 7.03. The first-order valence-electron chi connectivity index (χ1n) is 6.67. The van der Waals surface area contributed by atoms with Crippen LogP contribution in [0.2, 0.25) is 0 Å². The fraction of sp³-hybridized carbons (Fsp3) is 0.500. The van der Waals surface area contributed by atoms with E-state index in [1.807, 2.05) is 11.3 Å². The number of aryl methyl sites for hydroxylation is 1. The van der Waals surface area contributed by atoms with Crippen molar-refractivity contribution in [3.63, 3.8) is 0 Å². The van der Waals surface area contributed by atoms with E-state index < -0.39 is 0 Å². The zero-order valence-corrected chi connectivity index (χ0v) is 13.4. The lowest BCUT2D eigenvalue weighted by molar-refractivity contribution is 0.727. The quantitative estimate of drug-likeness (QED) is 0.847. The van der Waals surface area contributed by atoms with E-state index >= 15 is 0 Å². The van der Waals surface area contributed by atoms with Gasteiger partial charge in [0.05, 0.1) is 12.2 Å². The normalized spacial score (nSPS) is 10.9. The molecule has 0 aliphatic heterocycles. The maximum absolute atomic E-state index is 4.77. The monoisotopic (exact) mass is 295 g/mol. The van der Waals surface area contributed by atoms with E-state index in [9.17, 15) is 0 Å². The summed E-state index contributed by atoms with van der Waals surface area (Å²) < 4.78 is 0. The van der Waals surface area contributed by atoms with Crippen LogP contribution in [-0.4, -0.2) is 18.6 Å². The van der Waals surface area contributed by atoms with E-state index in [2.05, 4.69) is 48.6 Å². The van der Waals surface area contributed by atoms with Gasteiger partial charge >= 0.3 is 0 Å². The summed E-state index contributed by atoms with van der Waals surface area (Å²) in [6.45, 7) is 7.19. The van der Waals surface area contributed by atoms with Gasteiger partial charge in [-0.15, -0.1) is 22.7 Å². The highest BCUT2D eigenvalue weighted by Gasteiger charge is 2.13. The Kier molecular flexibility index (Phi) is 5.36. The molecule has 0 atom stereocenters. The molecule has 0 aliphatic carbocycles. The summed E-state index contributed by atoms with van der Waals surface area (Å²) in [4.78, 5) is 9.76. The van der Waals surface area contributed by atoms with E-state index in [0.717, 1.165) is 31.2 Å². The zero-order chi connectivity index (χ0) is 13.7. The molecule has 2 aromatic rings. The molecule has 3 nitrogen and oxygen atoms in total. The van der Waals surface area contributed by atoms with Crippen LogP contribution in [0.3, 0.4) is 0 Å². The van der Waals surface area contributed by atoms with Gasteiger partial charge in [0.25, 0.3) is 0 Å². The van der Waals surface area contributed by atoms with Crippen molar-refractivity contribution in [3.05, 3.63) is 33.0 Å². The Balaban J connectivity index is 2.08. The lowest BCUT2D eigenvalue weighted by Crippen LogP contribution is -2.15. The molecule has 1 N–H and O–H groups in total. The van der Waals surface area contributed by atoms with Gasteiger partial charge in [0.2, 0.25) is 0 Å². The molecule has 0 saturated heterocycles. The molecule has 0 aromatic carbocycles. The molecule has 0 amide bonds. The van der Waals surface area contributed by atoms with Crippen LogP contribution >= 0.6 is 22.7 Å². The van der Waals surface area contributed by atoms with Crippen LogP contribution in [0.5, 0.6) is 0 Å². The van der Waals surface area contributed by atoms with Gasteiger partial charge in [0.15, 0.2) is 5.13 Å². The van der Waals surface area contributed by atoms with Gasteiger partial charge in [0, 0.05) is 23.3 Å². The van der Waals surface area contributed by atoms with Gasteiger partial charge in [-0.3, -0.25) is 0 Å². The van der Waals surface area contributed by atoms with Crippen LogP contribution in [0, 0.1) is 0 Å². The number of rotatable bonds is 7. The van der Waals surface area contributed by atoms with Crippen molar-refractivity contribution < 1.29 is 0 Å². The fourth-order valence-electron chi connectivity index (χ4n) is 1.89. The smallest absolute Gasteiger partial charge is 0.185 e. The maximum Gasteiger partial charge on any atom is 0.185 e. The number of hydrogen-bond donors (Lipinski definition) is 1. The molecule has 0 radical (unpaired) electrons. The number of nitrogens with one attached hydrogen (secondary N) is 1. The van der Waals surface area contributed by atoms with E-state index in [1.165, 1.54) is 15.4 Å². The number of hydrogen-bond acceptors (Lipinski definition) is 5. The minimum absolute atomic E-state index is 0.935. The Morgan fingerprint density at radius 1 is 1.37 bits per heavy atom. The molecular weight excluding hydrogens is 274 g/mol. The third-order valence-electron chi connectivity index (χ3n) is 2.94. The van der Waals surface area contributed by atoms with E-state index in [-0.39, 0.29) is 0 Å². The molecule has 0 fully saturated rings. The summed E-state index contributed by atoms with van der Waals surface area (Å²) in [6, 6.07) is 4.28. The molecule has 104 valence electrons. The fourth-order valence-corrected chi connectivity index (χ4v) is 3.73. The molecule has 0 saturated carbocycles. The van der Waals surface area contributed by atoms with Gasteiger partial charge < -0.3 is 10.2 Å². The molecule has 19 heavy (non-hydrogen) atoms. The van der Waals surface area contributed by atoms with Crippen LogP contribution in [-0.2, 0) is 19.5 Å². The van der Waals surface area contributed by atoms with E-state index in [1.54, 1.807) is 11.3 Å². The molecule has 2 heterocycles. The van der Waals surface area contributed by atoms with Crippen molar-refractivity contribution in [1.29, 1.82) is 0 Å². The van der Waals surface area contributed by atoms with Gasteiger partial charge in [-0.25, -0.2) is 4.98 Å². The number of nitrogens with zero attached hydrogens (tertiary/aromatic N) is 2. The van der Waals surface area contributed by atoms with Crippen LogP contribution in [0.15, 0.2) is 17.5 Å². The summed E-state index contributed by atoms with van der Waals surface area (Å²) >= 11 is 3.61. The van der Waals surface area contributed by atoms with Crippen molar-refractivity contribution in [2.75, 3.05) is 18.5 Å². The molecule has 0 spiro atoms. The Morgan fingerprint density at radius 3 is 2.84 bits per heavy atom. The minimum Gasteiger partial charge on any atom is -0.346 e. The molecule has 0 bridgehead atoms. The van der Waals surface area contributed by atoms with Crippen LogP contribution in [0.4, 0.5) is 5.13 Å². The topological polar surface area (TPSA) is 28.2 Å². The zero-order valence-electron chi connectivity index (χ0n) is 11.8. The lowest BCUT2D eigenvalue weighted by Gasteiger charge is -2.14. The predicted octanol–water partition coefficient (Wildman–Crippen LogP) is 3.51. The van der Waals surface area contributed by atoms with E-state index in [4.69, 9.17) is 4.98 Å². The van der Waals surface area contributed by atoms with E-state index in [0.29, 0.717) is 0 Å². The number of aromatic nitrogens is 1. The highest BCUT2D eigenvalue weighted by molar-refractivity contribution is 7.15. The summed E-state index contributed by atoms with van der Waals surface area (Å²) in [5, 5.41) is 6.64. The number of thiophene rings is 1. The SMILES string of the molecule is CCNCc1sc(N(C)Cc2cccs2)nc1CC. The van der Waals surface area contributed by atoms with Crippen LogP contribution in [0.25, 0.3) is 0 Å². The summed E-state index contributed by atoms with van der Waals surface area (Å²) in [6.07, 6.45) is 1.00. The predicted molar refractivity (Wildman–Crippen MR) is 85.3 cm³/mol. The summed E-state index contributed by atoms with van der Waals surface area (Å²) in [5.74, 6) is 0. The first kappa shape index (κ1) is 14.5. The third-order valence-corrected chi connectivity index (χ3v) is 5.01. The van der Waals surface area contributed by atoms with Crippen LogP contribution in [0.1, 0.15) is 29.3 Å². The van der Waals surface area contributed by atoms with Gasteiger partial charge in [0.1, 0.15) is 0 Å².